The highest BCUT2D eigenvalue weighted by atomic mass is 19.1. The highest BCUT2D eigenvalue weighted by Crippen LogP contribution is 2.30. The molecule has 0 spiro atoms. The standard InChI is InChI=1S/C15H19FN2/c16-13-8-4-5-9-14(13)18-15(12-17)10-6-2-1-3-7-11-15/h4-5,8-9,18H,1-3,6-7,10-11H2. The highest BCUT2D eigenvalue weighted by Gasteiger charge is 2.30. The Morgan fingerprint density at radius 3 is 2.28 bits per heavy atom. The van der Waals surface area contributed by atoms with E-state index in [-0.39, 0.29) is 5.82 Å². The number of hydrogen-bond donors (Lipinski definition) is 1. The van der Waals surface area contributed by atoms with Crippen molar-refractivity contribution in [3.05, 3.63) is 30.1 Å². The van der Waals surface area contributed by atoms with Gasteiger partial charge in [-0.3, -0.25) is 0 Å². The fraction of sp³-hybridized carbons (Fsp3) is 0.533. The van der Waals surface area contributed by atoms with E-state index in [1.54, 1.807) is 18.2 Å². The van der Waals surface area contributed by atoms with Crippen LogP contribution >= 0.6 is 0 Å². The Balaban J connectivity index is 2.16. The number of halogens is 1. The molecule has 0 aromatic heterocycles. The molecule has 96 valence electrons. The normalized spacial score (nSPS) is 19.3. The van der Waals surface area contributed by atoms with Gasteiger partial charge in [0.15, 0.2) is 0 Å². The number of nitriles is 1. The van der Waals surface area contributed by atoms with Crippen LogP contribution in [0.4, 0.5) is 10.1 Å². The zero-order chi connectivity index (χ0) is 12.8. The van der Waals surface area contributed by atoms with Crippen LogP contribution in [0.3, 0.4) is 0 Å². The molecule has 1 aromatic carbocycles. The van der Waals surface area contributed by atoms with Gasteiger partial charge in [-0.05, 0) is 25.0 Å². The third kappa shape index (κ3) is 3.01. The van der Waals surface area contributed by atoms with E-state index in [1.807, 2.05) is 0 Å². The summed E-state index contributed by atoms with van der Waals surface area (Å²) in [6.45, 7) is 0. The molecule has 1 N–H and O–H groups in total. The quantitative estimate of drug-likeness (QED) is 0.847. The fourth-order valence-corrected chi connectivity index (χ4v) is 2.59. The molecular weight excluding hydrogens is 227 g/mol. The minimum atomic E-state index is -0.595. The lowest BCUT2D eigenvalue weighted by molar-refractivity contribution is 0.408. The average Bonchev–Trinajstić information content (AvgIpc) is 2.35. The minimum Gasteiger partial charge on any atom is -0.365 e. The zero-order valence-corrected chi connectivity index (χ0v) is 10.6. The molecule has 2 rings (SSSR count). The lowest BCUT2D eigenvalue weighted by atomic mass is 9.85. The van der Waals surface area contributed by atoms with Crippen molar-refractivity contribution in [1.29, 1.82) is 5.26 Å². The van der Waals surface area contributed by atoms with E-state index in [1.165, 1.54) is 25.3 Å². The van der Waals surface area contributed by atoms with Crippen LogP contribution in [0.1, 0.15) is 44.9 Å². The maximum atomic E-state index is 13.7. The third-order valence-electron chi connectivity index (χ3n) is 3.67. The smallest absolute Gasteiger partial charge is 0.146 e. The monoisotopic (exact) mass is 246 g/mol. The summed E-state index contributed by atoms with van der Waals surface area (Å²) in [5.74, 6) is -0.283. The molecule has 0 aliphatic heterocycles. The zero-order valence-electron chi connectivity index (χ0n) is 10.6. The molecule has 0 unspecified atom stereocenters. The molecule has 3 heteroatoms. The molecule has 0 amide bonds. The Hall–Kier alpha value is -1.56. The van der Waals surface area contributed by atoms with Gasteiger partial charge >= 0.3 is 0 Å². The summed E-state index contributed by atoms with van der Waals surface area (Å²) in [5, 5.41) is 12.6. The Kier molecular flexibility index (Phi) is 4.19. The SMILES string of the molecule is N#CC1(Nc2ccccc2F)CCCCCCC1. The number of rotatable bonds is 2. The lowest BCUT2D eigenvalue weighted by Crippen LogP contribution is -2.37. The second-order valence-electron chi connectivity index (χ2n) is 5.07. The number of hydrogen-bond acceptors (Lipinski definition) is 2. The summed E-state index contributed by atoms with van der Waals surface area (Å²) >= 11 is 0. The molecule has 1 aliphatic carbocycles. The number of nitrogens with zero attached hydrogens (tertiary/aromatic N) is 1. The summed E-state index contributed by atoms with van der Waals surface area (Å²) in [6.07, 6.45) is 7.27. The highest BCUT2D eigenvalue weighted by molar-refractivity contribution is 5.48. The van der Waals surface area contributed by atoms with Gasteiger partial charge < -0.3 is 5.32 Å². The van der Waals surface area contributed by atoms with Crippen LogP contribution in [0.2, 0.25) is 0 Å². The van der Waals surface area contributed by atoms with E-state index in [9.17, 15) is 9.65 Å². The summed E-state index contributed by atoms with van der Waals surface area (Å²) in [7, 11) is 0. The van der Waals surface area contributed by atoms with Crippen LogP contribution in [-0.4, -0.2) is 5.54 Å². The Bertz CT molecular complexity index is 428. The molecule has 2 nitrogen and oxygen atoms in total. The van der Waals surface area contributed by atoms with E-state index >= 15 is 0 Å². The molecule has 0 radical (unpaired) electrons. The van der Waals surface area contributed by atoms with Crippen molar-refractivity contribution >= 4 is 5.69 Å². The number of nitrogens with one attached hydrogen (secondary N) is 1. The van der Waals surface area contributed by atoms with Crippen molar-refractivity contribution in [1.82, 2.24) is 0 Å². The molecule has 0 saturated heterocycles. The second kappa shape index (κ2) is 5.86. The van der Waals surface area contributed by atoms with Gasteiger partial charge in [0.05, 0.1) is 11.8 Å². The van der Waals surface area contributed by atoms with Crippen molar-refractivity contribution < 1.29 is 4.39 Å². The number of para-hydroxylation sites is 1. The lowest BCUT2D eigenvalue weighted by Gasteiger charge is -2.30. The summed E-state index contributed by atoms with van der Waals surface area (Å²) in [6, 6.07) is 8.97. The van der Waals surface area contributed by atoms with E-state index < -0.39 is 5.54 Å². The van der Waals surface area contributed by atoms with Crippen LogP contribution in [0.25, 0.3) is 0 Å². The minimum absolute atomic E-state index is 0.283. The molecule has 18 heavy (non-hydrogen) atoms. The first-order valence-corrected chi connectivity index (χ1v) is 6.70. The van der Waals surface area contributed by atoms with Gasteiger partial charge in [-0.15, -0.1) is 0 Å². The fourth-order valence-electron chi connectivity index (χ4n) is 2.59. The molecular formula is C15H19FN2. The van der Waals surface area contributed by atoms with Gasteiger partial charge in [0.25, 0.3) is 0 Å². The van der Waals surface area contributed by atoms with Gasteiger partial charge in [0, 0.05) is 0 Å². The molecule has 1 aromatic rings. The van der Waals surface area contributed by atoms with Crippen LogP contribution < -0.4 is 5.32 Å². The topological polar surface area (TPSA) is 35.8 Å². The largest absolute Gasteiger partial charge is 0.365 e. The Morgan fingerprint density at radius 1 is 1.06 bits per heavy atom. The van der Waals surface area contributed by atoms with E-state index in [4.69, 9.17) is 0 Å². The first kappa shape index (κ1) is 12.9. The molecule has 0 atom stereocenters. The third-order valence-corrected chi connectivity index (χ3v) is 3.67. The van der Waals surface area contributed by atoms with Gasteiger partial charge in [-0.2, -0.15) is 5.26 Å². The number of anilines is 1. The van der Waals surface area contributed by atoms with Crippen LogP contribution in [0.15, 0.2) is 24.3 Å². The van der Waals surface area contributed by atoms with E-state index in [2.05, 4.69) is 11.4 Å². The summed E-state index contributed by atoms with van der Waals surface area (Å²) in [4.78, 5) is 0. The number of benzene rings is 1. The maximum Gasteiger partial charge on any atom is 0.146 e. The first-order chi connectivity index (χ1) is 8.76. The Morgan fingerprint density at radius 2 is 1.67 bits per heavy atom. The van der Waals surface area contributed by atoms with Crippen molar-refractivity contribution in [2.45, 2.75) is 50.5 Å². The van der Waals surface area contributed by atoms with E-state index in [0.717, 1.165) is 25.7 Å². The predicted octanol–water partition coefficient (Wildman–Crippen LogP) is 4.24. The molecule has 1 fully saturated rings. The average molecular weight is 246 g/mol. The molecule has 1 saturated carbocycles. The van der Waals surface area contributed by atoms with E-state index in [0.29, 0.717) is 5.69 Å². The van der Waals surface area contributed by atoms with Crippen LogP contribution in [0.5, 0.6) is 0 Å². The Labute approximate surface area is 108 Å². The van der Waals surface area contributed by atoms with Gasteiger partial charge in [-0.1, -0.05) is 44.2 Å². The maximum absolute atomic E-state index is 13.7. The van der Waals surface area contributed by atoms with Gasteiger partial charge in [0.1, 0.15) is 11.4 Å². The van der Waals surface area contributed by atoms with Crippen molar-refractivity contribution in [3.8, 4) is 6.07 Å². The summed E-state index contributed by atoms with van der Waals surface area (Å²) < 4.78 is 13.7. The molecule has 0 heterocycles. The van der Waals surface area contributed by atoms with Crippen molar-refractivity contribution in [2.75, 3.05) is 5.32 Å². The molecule has 1 aliphatic rings. The predicted molar refractivity (Wildman–Crippen MR) is 70.7 cm³/mol. The van der Waals surface area contributed by atoms with Crippen LogP contribution in [-0.2, 0) is 0 Å². The summed E-state index contributed by atoms with van der Waals surface area (Å²) in [5.41, 5.74) is -0.151. The van der Waals surface area contributed by atoms with Crippen molar-refractivity contribution in [2.24, 2.45) is 0 Å². The van der Waals surface area contributed by atoms with Crippen molar-refractivity contribution in [3.63, 3.8) is 0 Å². The van der Waals surface area contributed by atoms with Gasteiger partial charge in [-0.25, -0.2) is 4.39 Å². The second-order valence-corrected chi connectivity index (χ2v) is 5.07. The van der Waals surface area contributed by atoms with Gasteiger partial charge in [0.2, 0.25) is 0 Å². The molecule has 0 bridgehead atoms. The van der Waals surface area contributed by atoms with Crippen LogP contribution in [0, 0.1) is 17.1 Å². The first-order valence-electron chi connectivity index (χ1n) is 6.70.